The van der Waals surface area contributed by atoms with Gasteiger partial charge in [-0.05, 0) is 11.6 Å². The predicted octanol–water partition coefficient (Wildman–Crippen LogP) is 3.92. The fourth-order valence-corrected chi connectivity index (χ4v) is 4.13. The second kappa shape index (κ2) is 6.64. The first-order valence-corrected chi connectivity index (χ1v) is 9.11. The number of anilines is 1. The van der Waals surface area contributed by atoms with Crippen molar-refractivity contribution in [3.05, 3.63) is 58.8 Å². The number of fused-ring (bicyclic) bond motifs is 1. The third-order valence-electron chi connectivity index (χ3n) is 3.56. The lowest BCUT2D eigenvalue weighted by Crippen LogP contribution is -2.01. The Morgan fingerprint density at radius 1 is 1.12 bits per heavy atom. The minimum absolute atomic E-state index is 0.0286. The molecule has 0 bridgehead atoms. The van der Waals surface area contributed by atoms with Crippen LogP contribution in [-0.4, -0.2) is 20.1 Å². The summed E-state index contributed by atoms with van der Waals surface area (Å²) in [5.41, 5.74) is 1.88. The fourth-order valence-electron chi connectivity index (χ4n) is 2.40. The van der Waals surface area contributed by atoms with E-state index in [1.807, 2.05) is 23.6 Å². The largest absolute Gasteiger partial charge is 0.390 e. The minimum atomic E-state index is -0.0286. The summed E-state index contributed by atoms with van der Waals surface area (Å²) in [6, 6.07) is 12.4. The van der Waals surface area contributed by atoms with E-state index in [0.29, 0.717) is 12.2 Å². The van der Waals surface area contributed by atoms with Crippen LogP contribution in [0.4, 0.5) is 5.82 Å². The van der Waals surface area contributed by atoms with Crippen molar-refractivity contribution in [2.45, 2.75) is 13.2 Å². The van der Waals surface area contributed by atoms with Crippen LogP contribution in [0.2, 0.25) is 0 Å². The molecule has 2 N–H and O–H groups in total. The van der Waals surface area contributed by atoms with Gasteiger partial charge in [0.05, 0.1) is 24.2 Å². The fraction of sp³-hybridized carbons (Fsp3) is 0.118. The van der Waals surface area contributed by atoms with Crippen molar-refractivity contribution < 1.29 is 5.11 Å². The molecule has 0 aliphatic rings. The summed E-state index contributed by atoms with van der Waals surface area (Å²) in [5.74, 6) is 0.805. The molecule has 0 spiro atoms. The van der Waals surface area contributed by atoms with E-state index in [2.05, 4.69) is 38.5 Å². The van der Waals surface area contributed by atoms with E-state index in [1.54, 1.807) is 17.7 Å². The number of benzene rings is 1. The zero-order chi connectivity index (χ0) is 16.4. The van der Waals surface area contributed by atoms with Crippen molar-refractivity contribution in [2.75, 3.05) is 5.32 Å². The quantitative estimate of drug-likeness (QED) is 0.568. The second-order valence-corrected chi connectivity index (χ2v) is 7.14. The van der Waals surface area contributed by atoms with Crippen LogP contribution in [0.25, 0.3) is 20.7 Å². The molecule has 1 aromatic carbocycles. The van der Waals surface area contributed by atoms with Gasteiger partial charge in [0.25, 0.3) is 0 Å². The maximum absolute atomic E-state index is 9.09. The molecule has 0 unspecified atom stereocenters. The van der Waals surface area contributed by atoms with Crippen LogP contribution in [0.1, 0.15) is 10.7 Å². The van der Waals surface area contributed by atoms with Crippen LogP contribution < -0.4 is 5.32 Å². The van der Waals surface area contributed by atoms with Gasteiger partial charge in [0.1, 0.15) is 22.0 Å². The van der Waals surface area contributed by atoms with Gasteiger partial charge in [0.2, 0.25) is 0 Å². The zero-order valence-corrected chi connectivity index (χ0v) is 14.3. The number of aliphatic hydroxyl groups excluding tert-OH is 1. The van der Waals surface area contributed by atoms with E-state index < -0.39 is 0 Å². The maximum atomic E-state index is 9.09. The van der Waals surface area contributed by atoms with Crippen LogP contribution in [-0.2, 0) is 13.2 Å². The van der Waals surface area contributed by atoms with Gasteiger partial charge in [-0.2, -0.15) is 0 Å². The molecule has 24 heavy (non-hydrogen) atoms. The highest BCUT2D eigenvalue weighted by molar-refractivity contribution is 7.21. The molecule has 0 atom stereocenters. The van der Waals surface area contributed by atoms with Gasteiger partial charge in [-0.25, -0.2) is 15.0 Å². The van der Waals surface area contributed by atoms with Crippen molar-refractivity contribution in [3.63, 3.8) is 0 Å². The number of thiazole rings is 1. The molecule has 3 heterocycles. The van der Waals surface area contributed by atoms with E-state index >= 15 is 0 Å². The number of hydrogen-bond acceptors (Lipinski definition) is 7. The third kappa shape index (κ3) is 3.01. The Morgan fingerprint density at radius 2 is 2.00 bits per heavy atom. The number of nitrogens with zero attached hydrogens (tertiary/aromatic N) is 3. The Bertz CT molecular complexity index is 965. The second-order valence-electron chi connectivity index (χ2n) is 5.16. The molecule has 7 heteroatoms. The lowest BCUT2D eigenvalue weighted by molar-refractivity contribution is 0.277. The topological polar surface area (TPSA) is 70.9 Å². The summed E-state index contributed by atoms with van der Waals surface area (Å²) in [5, 5.41) is 16.2. The van der Waals surface area contributed by atoms with Crippen molar-refractivity contribution >= 4 is 38.7 Å². The number of nitrogens with one attached hydrogen (secondary N) is 1. The van der Waals surface area contributed by atoms with Crippen LogP contribution in [0.15, 0.2) is 48.1 Å². The van der Waals surface area contributed by atoms with Crippen LogP contribution in [0.5, 0.6) is 0 Å². The van der Waals surface area contributed by atoms with Gasteiger partial charge in [-0.15, -0.1) is 22.7 Å². The summed E-state index contributed by atoms with van der Waals surface area (Å²) in [6.45, 7) is 0.548. The molecule has 4 rings (SSSR count). The predicted molar refractivity (Wildman–Crippen MR) is 98.2 cm³/mol. The van der Waals surface area contributed by atoms with E-state index in [4.69, 9.17) is 5.11 Å². The van der Waals surface area contributed by atoms with E-state index in [1.165, 1.54) is 21.8 Å². The van der Waals surface area contributed by atoms with Crippen LogP contribution >= 0.6 is 22.7 Å². The van der Waals surface area contributed by atoms with Gasteiger partial charge in [-0.3, -0.25) is 0 Å². The molecule has 0 saturated carbocycles. The summed E-state index contributed by atoms with van der Waals surface area (Å²) >= 11 is 3.18. The lowest BCUT2D eigenvalue weighted by Gasteiger charge is -2.03. The first-order valence-electron chi connectivity index (χ1n) is 7.41. The Labute approximate surface area is 146 Å². The van der Waals surface area contributed by atoms with E-state index in [0.717, 1.165) is 21.0 Å². The van der Waals surface area contributed by atoms with E-state index in [9.17, 15) is 0 Å². The standard InChI is InChI=1S/C17H14N4OS2/c22-8-12-9-23-15(21-12)7-18-16-13-6-14(11-4-2-1-3-5-11)24-17(13)20-10-19-16/h1-6,9-10,22H,7-8H2,(H,18,19,20). The van der Waals surface area contributed by atoms with Gasteiger partial charge >= 0.3 is 0 Å². The highest BCUT2D eigenvalue weighted by atomic mass is 32.1. The van der Waals surface area contributed by atoms with Crippen molar-refractivity contribution in [3.8, 4) is 10.4 Å². The summed E-state index contributed by atoms with van der Waals surface area (Å²) in [4.78, 5) is 15.2. The highest BCUT2D eigenvalue weighted by Gasteiger charge is 2.10. The molecule has 0 aliphatic carbocycles. The van der Waals surface area contributed by atoms with Gasteiger partial charge < -0.3 is 10.4 Å². The SMILES string of the molecule is OCc1csc(CNc2ncnc3sc(-c4ccccc4)cc23)n1. The molecule has 0 aliphatic heterocycles. The number of thiophene rings is 1. The first kappa shape index (κ1) is 15.2. The number of rotatable bonds is 5. The molecule has 3 aromatic heterocycles. The molecule has 0 fully saturated rings. The van der Waals surface area contributed by atoms with Gasteiger partial charge in [0, 0.05) is 10.3 Å². The van der Waals surface area contributed by atoms with Crippen molar-refractivity contribution in [1.29, 1.82) is 0 Å². The molecular weight excluding hydrogens is 340 g/mol. The van der Waals surface area contributed by atoms with Crippen LogP contribution in [0.3, 0.4) is 0 Å². The Kier molecular flexibility index (Phi) is 4.20. The molecule has 120 valence electrons. The average molecular weight is 354 g/mol. The number of hydrogen-bond donors (Lipinski definition) is 2. The average Bonchev–Trinajstić information content (AvgIpc) is 3.27. The Hall–Kier alpha value is -2.35. The van der Waals surface area contributed by atoms with E-state index in [-0.39, 0.29) is 6.61 Å². The number of aromatic nitrogens is 3. The Morgan fingerprint density at radius 3 is 2.79 bits per heavy atom. The number of aliphatic hydroxyl groups is 1. The minimum Gasteiger partial charge on any atom is -0.390 e. The molecular formula is C17H14N4OS2. The third-order valence-corrected chi connectivity index (χ3v) is 5.55. The van der Waals surface area contributed by atoms with Crippen LogP contribution in [0, 0.1) is 0 Å². The maximum Gasteiger partial charge on any atom is 0.138 e. The highest BCUT2D eigenvalue weighted by Crippen LogP contribution is 2.34. The molecule has 5 nitrogen and oxygen atoms in total. The smallest absolute Gasteiger partial charge is 0.138 e. The van der Waals surface area contributed by atoms with Crippen molar-refractivity contribution in [2.24, 2.45) is 0 Å². The molecule has 0 saturated heterocycles. The molecule has 0 radical (unpaired) electrons. The molecule has 4 aromatic rings. The van der Waals surface area contributed by atoms with Gasteiger partial charge in [-0.1, -0.05) is 30.3 Å². The molecule has 0 amide bonds. The zero-order valence-electron chi connectivity index (χ0n) is 12.6. The first-order chi connectivity index (χ1) is 11.8. The normalized spacial score (nSPS) is 11.0. The Balaban J connectivity index is 1.62. The lowest BCUT2D eigenvalue weighted by atomic mass is 10.2. The summed E-state index contributed by atoms with van der Waals surface area (Å²) in [6.07, 6.45) is 1.58. The summed E-state index contributed by atoms with van der Waals surface area (Å²) in [7, 11) is 0. The van der Waals surface area contributed by atoms with Crippen molar-refractivity contribution in [1.82, 2.24) is 15.0 Å². The monoisotopic (exact) mass is 354 g/mol. The summed E-state index contributed by atoms with van der Waals surface area (Å²) < 4.78 is 0. The van der Waals surface area contributed by atoms with Gasteiger partial charge in [0.15, 0.2) is 0 Å².